The quantitative estimate of drug-likeness (QED) is 0.522. The minimum atomic E-state index is -0.278. The number of aromatic nitrogens is 6. The van der Waals surface area contributed by atoms with Gasteiger partial charge in [0.15, 0.2) is 11.6 Å². The number of halogens is 1. The SMILES string of the molecule is Fc1ccc(Nc2nc3cc(-c4nnn[nH]4)ccc3n3cccc23)cc1. The van der Waals surface area contributed by atoms with Crippen molar-refractivity contribution < 1.29 is 4.39 Å². The molecule has 7 nitrogen and oxygen atoms in total. The molecule has 3 aromatic heterocycles. The van der Waals surface area contributed by atoms with Gasteiger partial charge in [-0.15, -0.1) is 5.10 Å². The van der Waals surface area contributed by atoms with Crippen molar-refractivity contribution in [3.63, 3.8) is 0 Å². The van der Waals surface area contributed by atoms with Crippen LogP contribution in [0.4, 0.5) is 15.9 Å². The first-order valence-corrected chi connectivity index (χ1v) is 7.95. The first-order valence-electron chi connectivity index (χ1n) is 7.95. The van der Waals surface area contributed by atoms with Crippen LogP contribution >= 0.6 is 0 Å². The summed E-state index contributed by atoms with van der Waals surface area (Å²) in [6.07, 6.45) is 1.98. The van der Waals surface area contributed by atoms with E-state index in [1.54, 1.807) is 12.1 Å². The molecule has 0 radical (unpaired) electrons. The highest BCUT2D eigenvalue weighted by Gasteiger charge is 2.11. The van der Waals surface area contributed by atoms with Gasteiger partial charge in [-0.3, -0.25) is 0 Å². The molecule has 5 rings (SSSR count). The number of fused-ring (bicyclic) bond motifs is 3. The van der Waals surface area contributed by atoms with Crippen molar-refractivity contribution in [1.82, 2.24) is 30.0 Å². The van der Waals surface area contributed by atoms with Gasteiger partial charge in [0.05, 0.1) is 16.6 Å². The minimum Gasteiger partial charge on any atom is -0.338 e. The monoisotopic (exact) mass is 345 g/mol. The maximum Gasteiger partial charge on any atom is 0.179 e. The fourth-order valence-corrected chi connectivity index (χ4v) is 2.97. The van der Waals surface area contributed by atoms with E-state index < -0.39 is 0 Å². The molecule has 0 aliphatic heterocycles. The van der Waals surface area contributed by atoms with E-state index in [2.05, 4.69) is 30.3 Å². The fraction of sp³-hybridized carbons (Fsp3) is 0. The summed E-state index contributed by atoms with van der Waals surface area (Å²) in [5.74, 6) is 0.983. The number of rotatable bonds is 3. The second-order valence-corrected chi connectivity index (χ2v) is 5.81. The van der Waals surface area contributed by atoms with E-state index in [9.17, 15) is 4.39 Å². The zero-order valence-electron chi connectivity index (χ0n) is 13.4. The highest BCUT2D eigenvalue weighted by atomic mass is 19.1. The highest BCUT2D eigenvalue weighted by Crippen LogP contribution is 2.27. The molecular weight excluding hydrogens is 333 g/mol. The summed E-state index contributed by atoms with van der Waals surface area (Å²) in [6.45, 7) is 0. The number of hydrogen-bond donors (Lipinski definition) is 2. The topological polar surface area (TPSA) is 83.8 Å². The van der Waals surface area contributed by atoms with Crippen LogP contribution in [-0.4, -0.2) is 30.0 Å². The average Bonchev–Trinajstić information content (AvgIpc) is 3.35. The molecule has 0 amide bonds. The third-order valence-electron chi connectivity index (χ3n) is 4.18. The number of aromatic amines is 1. The Morgan fingerprint density at radius 1 is 1.00 bits per heavy atom. The van der Waals surface area contributed by atoms with Gasteiger partial charge in [-0.05, 0) is 65.0 Å². The third-order valence-corrected chi connectivity index (χ3v) is 4.18. The second-order valence-electron chi connectivity index (χ2n) is 5.81. The van der Waals surface area contributed by atoms with E-state index in [1.165, 1.54) is 12.1 Å². The van der Waals surface area contributed by atoms with Gasteiger partial charge in [-0.1, -0.05) is 0 Å². The van der Waals surface area contributed by atoms with Crippen LogP contribution in [0.15, 0.2) is 60.8 Å². The van der Waals surface area contributed by atoms with Crippen LogP contribution < -0.4 is 5.32 Å². The molecule has 0 saturated carbocycles. The Morgan fingerprint density at radius 3 is 2.69 bits per heavy atom. The van der Waals surface area contributed by atoms with Crippen LogP contribution in [0.2, 0.25) is 0 Å². The van der Waals surface area contributed by atoms with E-state index >= 15 is 0 Å². The lowest BCUT2D eigenvalue weighted by Crippen LogP contribution is -1.99. The van der Waals surface area contributed by atoms with Gasteiger partial charge in [0.1, 0.15) is 5.82 Å². The Labute approximate surface area is 146 Å². The lowest BCUT2D eigenvalue weighted by Gasteiger charge is -2.11. The minimum absolute atomic E-state index is 0.278. The summed E-state index contributed by atoms with van der Waals surface area (Å²) in [5, 5.41) is 17.2. The molecule has 0 unspecified atom stereocenters. The van der Waals surface area contributed by atoms with Crippen molar-refractivity contribution in [3.8, 4) is 11.4 Å². The van der Waals surface area contributed by atoms with E-state index in [-0.39, 0.29) is 5.82 Å². The first kappa shape index (κ1) is 14.5. The average molecular weight is 345 g/mol. The summed E-state index contributed by atoms with van der Waals surface area (Å²) in [5.41, 5.74) is 4.28. The number of benzene rings is 2. The number of H-pyrrole nitrogens is 1. The molecule has 0 bridgehead atoms. The van der Waals surface area contributed by atoms with Gasteiger partial charge in [-0.2, -0.15) is 0 Å². The molecule has 8 heteroatoms. The molecule has 0 fully saturated rings. The first-order chi connectivity index (χ1) is 12.8. The Kier molecular flexibility index (Phi) is 3.14. The van der Waals surface area contributed by atoms with Gasteiger partial charge in [0.2, 0.25) is 0 Å². The number of hydrogen-bond acceptors (Lipinski definition) is 5. The normalized spacial score (nSPS) is 11.3. The van der Waals surface area contributed by atoms with Crippen molar-refractivity contribution in [2.75, 3.05) is 5.32 Å². The van der Waals surface area contributed by atoms with Crippen molar-refractivity contribution in [3.05, 3.63) is 66.6 Å². The van der Waals surface area contributed by atoms with E-state index in [4.69, 9.17) is 4.98 Å². The molecule has 0 spiro atoms. The molecule has 0 aliphatic rings. The number of anilines is 2. The van der Waals surface area contributed by atoms with E-state index in [0.29, 0.717) is 11.6 Å². The van der Waals surface area contributed by atoms with Crippen molar-refractivity contribution in [1.29, 1.82) is 0 Å². The van der Waals surface area contributed by atoms with Gasteiger partial charge < -0.3 is 9.72 Å². The molecule has 0 saturated heterocycles. The Morgan fingerprint density at radius 2 is 1.88 bits per heavy atom. The van der Waals surface area contributed by atoms with Crippen LogP contribution in [0, 0.1) is 5.82 Å². The maximum atomic E-state index is 13.1. The van der Waals surface area contributed by atoms with Crippen molar-refractivity contribution in [2.24, 2.45) is 0 Å². The zero-order chi connectivity index (χ0) is 17.5. The lowest BCUT2D eigenvalue weighted by atomic mass is 10.2. The maximum absolute atomic E-state index is 13.1. The molecule has 5 aromatic rings. The molecule has 126 valence electrons. The largest absolute Gasteiger partial charge is 0.338 e. The van der Waals surface area contributed by atoms with Gasteiger partial charge in [-0.25, -0.2) is 14.5 Å². The van der Waals surface area contributed by atoms with E-state index in [0.717, 1.165) is 27.8 Å². The fourth-order valence-electron chi connectivity index (χ4n) is 2.97. The van der Waals surface area contributed by atoms with Crippen molar-refractivity contribution in [2.45, 2.75) is 0 Å². The number of nitrogens with zero attached hydrogens (tertiary/aromatic N) is 5. The van der Waals surface area contributed by atoms with Crippen LogP contribution in [0.5, 0.6) is 0 Å². The van der Waals surface area contributed by atoms with Crippen molar-refractivity contribution >= 4 is 28.1 Å². The van der Waals surface area contributed by atoms with Crippen LogP contribution in [0.25, 0.3) is 27.9 Å². The summed E-state index contributed by atoms with van der Waals surface area (Å²) >= 11 is 0. The Balaban J connectivity index is 1.68. The molecule has 2 aromatic carbocycles. The van der Waals surface area contributed by atoms with Crippen LogP contribution in [0.1, 0.15) is 0 Å². The molecular formula is C18H12FN7. The Hall–Kier alpha value is -3.81. The number of nitrogens with one attached hydrogen (secondary N) is 2. The van der Waals surface area contributed by atoms with Crippen LogP contribution in [0.3, 0.4) is 0 Å². The predicted octanol–water partition coefficient (Wildman–Crippen LogP) is 3.55. The summed E-state index contributed by atoms with van der Waals surface area (Å²) in [7, 11) is 0. The van der Waals surface area contributed by atoms with Crippen LogP contribution in [-0.2, 0) is 0 Å². The highest BCUT2D eigenvalue weighted by molar-refractivity contribution is 5.88. The Bertz CT molecular complexity index is 1210. The molecule has 0 aliphatic carbocycles. The second kappa shape index (κ2) is 5.62. The third kappa shape index (κ3) is 2.35. The van der Waals surface area contributed by atoms with Gasteiger partial charge >= 0.3 is 0 Å². The zero-order valence-corrected chi connectivity index (χ0v) is 13.4. The summed E-state index contributed by atoms with van der Waals surface area (Å²) < 4.78 is 15.2. The summed E-state index contributed by atoms with van der Waals surface area (Å²) in [6, 6.07) is 16.0. The molecule has 2 N–H and O–H groups in total. The lowest BCUT2D eigenvalue weighted by molar-refractivity contribution is 0.628. The number of tetrazole rings is 1. The van der Waals surface area contributed by atoms with E-state index in [1.807, 2.05) is 36.5 Å². The molecule has 3 heterocycles. The predicted molar refractivity (Wildman–Crippen MR) is 95.6 cm³/mol. The molecule has 26 heavy (non-hydrogen) atoms. The van der Waals surface area contributed by atoms with Gasteiger partial charge in [0.25, 0.3) is 0 Å². The summed E-state index contributed by atoms with van der Waals surface area (Å²) in [4.78, 5) is 4.76. The standard InChI is InChI=1S/C18H12FN7/c19-12-4-6-13(7-5-12)20-18-16-2-1-9-26(16)15-8-3-11(10-14(15)21-18)17-22-24-25-23-17/h1-10H,(H,20,21)(H,22,23,24,25). The smallest absolute Gasteiger partial charge is 0.179 e. The molecule has 0 atom stereocenters. The van der Waals surface area contributed by atoms with Gasteiger partial charge in [0, 0.05) is 17.4 Å².